The zero-order chi connectivity index (χ0) is 12.3. The Bertz CT molecular complexity index is 409. The first kappa shape index (κ1) is 12.7. The molecule has 3 nitrogen and oxygen atoms in total. The number of rotatable bonds is 3. The molecule has 0 radical (unpaired) electrons. The number of anilines is 1. The molecular weight excluding hydrogens is 226 g/mol. The minimum absolute atomic E-state index is 0.417. The van der Waals surface area contributed by atoms with E-state index < -0.39 is 11.1 Å². The smallest absolute Gasteiger partial charge is 0.305 e. The largest absolute Gasteiger partial charge is 0.310 e. The number of hydrogen-bond donors (Lipinski definition) is 0. The standard InChI is InChI=1S/C12H14ClNO2/c1-4-14(12(16)11(13)15)10-6-8(2)5-9(3)7-10/h5-7H,4H2,1-3H3. The van der Waals surface area contributed by atoms with E-state index in [1.165, 1.54) is 4.90 Å². The predicted molar refractivity (Wildman–Crippen MR) is 64.8 cm³/mol. The normalized spacial score (nSPS) is 10.0. The van der Waals surface area contributed by atoms with Gasteiger partial charge in [-0.15, -0.1) is 0 Å². The van der Waals surface area contributed by atoms with E-state index in [1.54, 1.807) is 6.92 Å². The van der Waals surface area contributed by atoms with Crippen LogP contribution in [0.4, 0.5) is 5.69 Å². The molecule has 0 atom stereocenters. The molecule has 0 unspecified atom stereocenters. The van der Waals surface area contributed by atoms with Crippen LogP contribution >= 0.6 is 11.6 Å². The highest BCUT2D eigenvalue weighted by atomic mass is 35.5. The van der Waals surface area contributed by atoms with Gasteiger partial charge in [-0.05, 0) is 55.6 Å². The lowest BCUT2D eigenvalue weighted by Gasteiger charge is -2.20. The molecule has 0 saturated carbocycles. The fraction of sp³-hybridized carbons (Fsp3) is 0.333. The molecule has 4 heteroatoms. The highest BCUT2D eigenvalue weighted by molar-refractivity contribution is 6.82. The van der Waals surface area contributed by atoms with Crippen molar-refractivity contribution >= 4 is 28.4 Å². The summed E-state index contributed by atoms with van der Waals surface area (Å²) in [5.74, 6) is -0.686. The average molecular weight is 240 g/mol. The Labute approximate surface area is 100 Å². The molecule has 0 aliphatic heterocycles. The minimum Gasteiger partial charge on any atom is -0.305 e. The van der Waals surface area contributed by atoms with Crippen molar-refractivity contribution in [3.05, 3.63) is 29.3 Å². The number of aryl methyl sites for hydroxylation is 2. The van der Waals surface area contributed by atoms with Gasteiger partial charge < -0.3 is 4.90 Å². The number of carbonyl (C=O) groups is 2. The van der Waals surface area contributed by atoms with Gasteiger partial charge >= 0.3 is 11.1 Å². The van der Waals surface area contributed by atoms with Gasteiger partial charge in [-0.2, -0.15) is 0 Å². The van der Waals surface area contributed by atoms with Crippen molar-refractivity contribution in [3.8, 4) is 0 Å². The van der Waals surface area contributed by atoms with Crippen LogP contribution in [0, 0.1) is 13.8 Å². The number of amides is 1. The van der Waals surface area contributed by atoms with E-state index in [-0.39, 0.29) is 0 Å². The summed E-state index contributed by atoms with van der Waals surface area (Å²) in [4.78, 5) is 23.8. The van der Waals surface area contributed by atoms with Crippen LogP contribution in [0.3, 0.4) is 0 Å². The molecule has 1 amide bonds. The molecule has 1 aromatic carbocycles. The molecule has 86 valence electrons. The maximum Gasteiger partial charge on any atom is 0.310 e. The third kappa shape index (κ3) is 2.83. The third-order valence-corrected chi connectivity index (χ3v) is 2.41. The zero-order valence-electron chi connectivity index (χ0n) is 9.58. The van der Waals surface area contributed by atoms with E-state index in [9.17, 15) is 9.59 Å². The Morgan fingerprint density at radius 1 is 1.19 bits per heavy atom. The lowest BCUT2D eigenvalue weighted by atomic mass is 10.1. The van der Waals surface area contributed by atoms with Crippen LogP contribution in [0.5, 0.6) is 0 Å². The summed E-state index contributed by atoms with van der Waals surface area (Å²) in [5, 5.41) is -0.957. The molecular formula is C12H14ClNO2. The van der Waals surface area contributed by atoms with Crippen molar-refractivity contribution in [2.45, 2.75) is 20.8 Å². The van der Waals surface area contributed by atoms with Crippen LogP contribution < -0.4 is 4.90 Å². The minimum atomic E-state index is -0.957. The van der Waals surface area contributed by atoms with E-state index in [1.807, 2.05) is 32.0 Å². The lowest BCUT2D eigenvalue weighted by Crippen LogP contribution is -2.34. The first-order valence-corrected chi connectivity index (χ1v) is 5.43. The van der Waals surface area contributed by atoms with Gasteiger partial charge in [0.15, 0.2) is 0 Å². The van der Waals surface area contributed by atoms with Crippen molar-refractivity contribution < 1.29 is 9.59 Å². The fourth-order valence-electron chi connectivity index (χ4n) is 1.66. The van der Waals surface area contributed by atoms with E-state index in [0.29, 0.717) is 12.2 Å². The van der Waals surface area contributed by atoms with Gasteiger partial charge in [-0.25, -0.2) is 0 Å². The number of likely N-dealkylation sites (N-methyl/N-ethyl adjacent to an activating group) is 1. The summed E-state index contributed by atoms with van der Waals surface area (Å²) in [5.41, 5.74) is 2.80. The quantitative estimate of drug-likeness (QED) is 0.600. The van der Waals surface area contributed by atoms with Crippen LogP contribution in [-0.4, -0.2) is 17.7 Å². The van der Waals surface area contributed by atoms with E-state index in [0.717, 1.165) is 11.1 Å². The highest BCUT2D eigenvalue weighted by Crippen LogP contribution is 2.19. The van der Waals surface area contributed by atoms with Gasteiger partial charge in [0.2, 0.25) is 0 Å². The topological polar surface area (TPSA) is 37.4 Å². The third-order valence-electron chi connectivity index (χ3n) is 2.25. The molecule has 0 aliphatic carbocycles. The van der Waals surface area contributed by atoms with Crippen molar-refractivity contribution in [1.82, 2.24) is 0 Å². The highest BCUT2D eigenvalue weighted by Gasteiger charge is 2.20. The zero-order valence-corrected chi connectivity index (χ0v) is 10.3. The van der Waals surface area contributed by atoms with Crippen molar-refractivity contribution in [1.29, 1.82) is 0 Å². The molecule has 0 spiro atoms. The van der Waals surface area contributed by atoms with Crippen LogP contribution in [-0.2, 0) is 9.59 Å². The maximum absolute atomic E-state index is 11.5. The first-order chi connectivity index (χ1) is 7.45. The van der Waals surface area contributed by atoms with Crippen molar-refractivity contribution in [2.24, 2.45) is 0 Å². The summed E-state index contributed by atoms with van der Waals surface area (Å²) in [7, 11) is 0. The molecule has 1 aromatic rings. The molecule has 0 bridgehead atoms. The summed E-state index contributed by atoms with van der Waals surface area (Å²) in [6.45, 7) is 6.10. The first-order valence-electron chi connectivity index (χ1n) is 5.05. The molecule has 16 heavy (non-hydrogen) atoms. The molecule has 0 heterocycles. The summed E-state index contributed by atoms with van der Waals surface area (Å²) < 4.78 is 0. The average Bonchev–Trinajstić information content (AvgIpc) is 2.16. The second-order valence-electron chi connectivity index (χ2n) is 3.67. The maximum atomic E-state index is 11.5. The molecule has 0 saturated heterocycles. The summed E-state index contributed by atoms with van der Waals surface area (Å²) >= 11 is 5.20. The Hall–Kier alpha value is -1.35. The second-order valence-corrected chi connectivity index (χ2v) is 4.01. The van der Waals surface area contributed by atoms with Crippen LogP contribution in [0.2, 0.25) is 0 Å². The molecule has 0 aliphatic rings. The summed E-state index contributed by atoms with van der Waals surface area (Å²) in [6.07, 6.45) is 0. The van der Waals surface area contributed by atoms with Crippen LogP contribution in [0.1, 0.15) is 18.1 Å². The lowest BCUT2D eigenvalue weighted by molar-refractivity contribution is -0.131. The van der Waals surface area contributed by atoms with Gasteiger partial charge in [-0.3, -0.25) is 9.59 Å². The monoisotopic (exact) mass is 239 g/mol. The molecule has 0 N–H and O–H groups in total. The molecule has 0 fully saturated rings. The molecule has 1 rings (SSSR count). The van der Waals surface area contributed by atoms with Gasteiger partial charge in [0.1, 0.15) is 0 Å². The van der Waals surface area contributed by atoms with Crippen molar-refractivity contribution in [3.63, 3.8) is 0 Å². The number of halogens is 1. The van der Waals surface area contributed by atoms with Crippen LogP contribution in [0.15, 0.2) is 18.2 Å². The second kappa shape index (κ2) is 5.12. The number of carbonyl (C=O) groups excluding carboxylic acids is 2. The Morgan fingerprint density at radius 3 is 2.06 bits per heavy atom. The Morgan fingerprint density at radius 2 is 1.69 bits per heavy atom. The molecule has 0 aromatic heterocycles. The van der Waals surface area contributed by atoms with E-state index in [2.05, 4.69) is 0 Å². The van der Waals surface area contributed by atoms with E-state index >= 15 is 0 Å². The van der Waals surface area contributed by atoms with Gasteiger partial charge in [0.05, 0.1) is 0 Å². The Balaban J connectivity index is 3.13. The van der Waals surface area contributed by atoms with Gasteiger partial charge in [0, 0.05) is 12.2 Å². The van der Waals surface area contributed by atoms with Gasteiger partial charge in [0.25, 0.3) is 0 Å². The predicted octanol–water partition coefficient (Wildman–Crippen LogP) is 2.42. The van der Waals surface area contributed by atoms with Crippen molar-refractivity contribution in [2.75, 3.05) is 11.4 Å². The Kier molecular flexibility index (Phi) is 4.07. The van der Waals surface area contributed by atoms with Gasteiger partial charge in [-0.1, -0.05) is 6.07 Å². The summed E-state index contributed by atoms with van der Waals surface area (Å²) in [6, 6.07) is 5.72. The van der Waals surface area contributed by atoms with E-state index in [4.69, 9.17) is 11.6 Å². The SMILES string of the molecule is CCN(C(=O)C(=O)Cl)c1cc(C)cc(C)c1. The number of nitrogens with zero attached hydrogens (tertiary/aromatic N) is 1. The fourth-order valence-corrected chi connectivity index (χ4v) is 1.76. The van der Waals surface area contributed by atoms with Crippen LogP contribution in [0.25, 0.3) is 0 Å². The number of benzene rings is 1. The number of hydrogen-bond acceptors (Lipinski definition) is 2.